The van der Waals surface area contributed by atoms with Gasteiger partial charge in [-0.3, -0.25) is 14.4 Å². The number of benzene rings is 1. The largest absolute Gasteiger partial charge is 0.481 e. The molecule has 0 bridgehead atoms. The number of carboxylic acid groups (broad SMARTS) is 1. The van der Waals surface area contributed by atoms with E-state index in [2.05, 4.69) is 5.32 Å². The number of nitrogens with one attached hydrogen (secondary N) is 1. The molecule has 1 saturated carbocycles. The van der Waals surface area contributed by atoms with E-state index >= 15 is 0 Å². The number of carboxylic acids is 1. The van der Waals surface area contributed by atoms with Crippen LogP contribution in [0.2, 0.25) is 0 Å². The molecule has 6 heteroatoms. The van der Waals surface area contributed by atoms with Crippen LogP contribution in [0.1, 0.15) is 29.8 Å². The highest BCUT2D eigenvalue weighted by molar-refractivity contribution is 6.00. The summed E-state index contributed by atoms with van der Waals surface area (Å²) in [7, 11) is 0. The monoisotopic (exact) mass is 290 g/mol. The Morgan fingerprint density at radius 2 is 1.86 bits per heavy atom. The second-order valence-corrected chi connectivity index (χ2v) is 6.00. The molecule has 2 amide bonds. The lowest BCUT2D eigenvalue weighted by molar-refractivity contribution is -0.140. The van der Waals surface area contributed by atoms with Crippen LogP contribution in [0.5, 0.6) is 0 Å². The predicted octanol–water partition coefficient (Wildman–Crippen LogP) is 1.39. The van der Waals surface area contributed by atoms with E-state index in [1.54, 1.807) is 32.9 Å². The van der Waals surface area contributed by atoms with Gasteiger partial charge in [-0.1, -0.05) is 13.8 Å². The van der Waals surface area contributed by atoms with Gasteiger partial charge in [0.2, 0.25) is 11.8 Å². The highest BCUT2D eigenvalue weighted by Gasteiger charge is 2.65. The molecule has 0 spiro atoms. The summed E-state index contributed by atoms with van der Waals surface area (Å²) >= 11 is 0. The number of aliphatic carboxylic acids is 1. The molecule has 0 saturated heterocycles. The molecule has 0 aromatic heterocycles. The molecule has 6 nitrogen and oxygen atoms in total. The van der Waals surface area contributed by atoms with E-state index in [0.29, 0.717) is 16.8 Å². The number of primary amides is 1. The quantitative estimate of drug-likeness (QED) is 0.778. The topological polar surface area (TPSA) is 109 Å². The van der Waals surface area contributed by atoms with Crippen LogP contribution < -0.4 is 11.1 Å². The Labute approximate surface area is 122 Å². The SMILES string of the molecule is Cc1cc(C(N)=O)ccc1NC(=O)[C@H]1[C@@H](C(=O)O)C1(C)C. The Morgan fingerprint density at radius 3 is 2.29 bits per heavy atom. The van der Waals surface area contributed by atoms with Crippen LogP contribution in [0.4, 0.5) is 5.69 Å². The molecular formula is C15H18N2O4. The van der Waals surface area contributed by atoms with Crippen molar-refractivity contribution in [1.82, 2.24) is 0 Å². The minimum atomic E-state index is -0.957. The van der Waals surface area contributed by atoms with E-state index in [9.17, 15) is 14.4 Å². The summed E-state index contributed by atoms with van der Waals surface area (Å²) in [4.78, 5) is 34.4. The minimum absolute atomic E-state index is 0.317. The van der Waals surface area contributed by atoms with Gasteiger partial charge in [-0.2, -0.15) is 0 Å². The zero-order valence-corrected chi connectivity index (χ0v) is 12.1. The first-order valence-corrected chi connectivity index (χ1v) is 6.60. The molecule has 1 aromatic rings. The lowest BCUT2D eigenvalue weighted by atomic mass is 10.1. The van der Waals surface area contributed by atoms with Gasteiger partial charge < -0.3 is 16.2 Å². The number of nitrogens with two attached hydrogens (primary N) is 1. The van der Waals surface area contributed by atoms with Crippen molar-refractivity contribution >= 4 is 23.5 Å². The van der Waals surface area contributed by atoms with Crippen molar-refractivity contribution in [3.8, 4) is 0 Å². The number of amides is 2. The smallest absolute Gasteiger partial charge is 0.307 e. The van der Waals surface area contributed by atoms with Crippen LogP contribution in [0.3, 0.4) is 0 Å². The molecule has 1 fully saturated rings. The van der Waals surface area contributed by atoms with E-state index in [1.807, 2.05) is 0 Å². The van der Waals surface area contributed by atoms with Crippen molar-refractivity contribution in [2.24, 2.45) is 23.0 Å². The molecule has 0 radical (unpaired) electrons. The molecule has 1 aliphatic rings. The highest BCUT2D eigenvalue weighted by Crippen LogP contribution is 2.58. The molecule has 1 aliphatic carbocycles. The second kappa shape index (κ2) is 4.87. The summed E-state index contributed by atoms with van der Waals surface area (Å²) in [6, 6.07) is 4.71. The van der Waals surface area contributed by atoms with Gasteiger partial charge in [0.05, 0.1) is 11.8 Å². The number of rotatable bonds is 4. The minimum Gasteiger partial charge on any atom is -0.481 e. The van der Waals surface area contributed by atoms with Gasteiger partial charge in [-0.05, 0) is 36.1 Å². The first kappa shape index (κ1) is 15.0. The average molecular weight is 290 g/mol. The van der Waals surface area contributed by atoms with E-state index in [-0.39, 0.29) is 5.91 Å². The third-order valence-electron chi connectivity index (χ3n) is 4.14. The van der Waals surface area contributed by atoms with Crippen LogP contribution in [0, 0.1) is 24.2 Å². The molecule has 0 unspecified atom stereocenters. The number of hydrogen-bond donors (Lipinski definition) is 3. The summed E-state index contributed by atoms with van der Waals surface area (Å²) in [6.07, 6.45) is 0. The van der Waals surface area contributed by atoms with E-state index in [4.69, 9.17) is 10.8 Å². The van der Waals surface area contributed by atoms with E-state index < -0.39 is 29.1 Å². The van der Waals surface area contributed by atoms with Crippen LogP contribution in [0.25, 0.3) is 0 Å². The van der Waals surface area contributed by atoms with Crippen LogP contribution in [-0.2, 0) is 9.59 Å². The molecular weight excluding hydrogens is 272 g/mol. The average Bonchev–Trinajstić information content (AvgIpc) is 2.95. The maximum atomic E-state index is 12.2. The number of carbonyl (C=O) groups is 3. The Morgan fingerprint density at radius 1 is 1.24 bits per heavy atom. The zero-order valence-electron chi connectivity index (χ0n) is 12.1. The van der Waals surface area contributed by atoms with Crippen molar-refractivity contribution < 1.29 is 19.5 Å². The fourth-order valence-electron chi connectivity index (χ4n) is 2.76. The third-order valence-corrected chi connectivity index (χ3v) is 4.14. The molecule has 21 heavy (non-hydrogen) atoms. The number of anilines is 1. The summed E-state index contributed by atoms with van der Waals surface area (Å²) in [6.45, 7) is 5.27. The van der Waals surface area contributed by atoms with Crippen molar-refractivity contribution in [3.63, 3.8) is 0 Å². The van der Waals surface area contributed by atoms with Crippen molar-refractivity contribution in [2.75, 3.05) is 5.32 Å². The fourth-order valence-corrected chi connectivity index (χ4v) is 2.76. The first-order chi connectivity index (χ1) is 9.66. The van der Waals surface area contributed by atoms with Gasteiger partial charge in [-0.15, -0.1) is 0 Å². The number of carbonyl (C=O) groups excluding carboxylic acids is 2. The molecule has 2 atom stereocenters. The van der Waals surface area contributed by atoms with Gasteiger partial charge in [-0.25, -0.2) is 0 Å². The maximum absolute atomic E-state index is 12.2. The molecule has 112 valence electrons. The molecule has 0 heterocycles. The van der Waals surface area contributed by atoms with Crippen LogP contribution in [0.15, 0.2) is 18.2 Å². The zero-order chi connectivity index (χ0) is 15.9. The van der Waals surface area contributed by atoms with Crippen LogP contribution >= 0.6 is 0 Å². The highest BCUT2D eigenvalue weighted by atomic mass is 16.4. The molecule has 4 N–H and O–H groups in total. The van der Waals surface area contributed by atoms with Gasteiger partial charge in [0.25, 0.3) is 0 Å². The van der Waals surface area contributed by atoms with Gasteiger partial charge in [0, 0.05) is 11.3 Å². The summed E-state index contributed by atoms with van der Waals surface area (Å²) in [5, 5.41) is 11.8. The molecule has 1 aromatic carbocycles. The molecule has 0 aliphatic heterocycles. The summed E-state index contributed by atoms with van der Waals surface area (Å²) in [5.74, 6) is -3.03. The lowest BCUT2D eigenvalue weighted by Crippen LogP contribution is -2.19. The number of hydrogen-bond acceptors (Lipinski definition) is 3. The predicted molar refractivity (Wildman–Crippen MR) is 76.7 cm³/mol. The van der Waals surface area contributed by atoms with E-state index in [0.717, 1.165) is 0 Å². The van der Waals surface area contributed by atoms with Gasteiger partial charge in [0.15, 0.2) is 0 Å². The standard InChI is InChI=1S/C15H18N2O4/c1-7-6-8(12(16)18)4-5-9(7)17-13(19)10-11(14(20)21)15(10,2)3/h4-6,10-11H,1-3H3,(H2,16,18)(H,17,19)(H,20,21)/t10-,11+/m1/s1. The van der Waals surface area contributed by atoms with Gasteiger partial charge >= 0.3 is 5.97 Å². The van der Waals surface area contributed by atoms with Crippen molar-refractivity contribution in [3.05, 3.63) is 29.3 Å². The normalized spacial score (nSPS) is 22.4. The first-order valence-electron chi connectivity index (χ1n) is 6.60. The Hall–Kier alpha value is -2.37. The number of aryl methyl sites for hydroxylation is 1. The van der Waals surface area contributed by atoms with Crippen molar-refractivity contribution in [1.29, 1.82) is 0 Å². The van der Waals surface area contributed by atoms with E-state index in [1.165, 1.54) is 6.07 Å². The summed E-state index contributed by atoms with van der Waals surface area (Å²) in [5.41, 5.74) is 6.26. The Kier molecular flexibility index (Phi) is 3.49. The second-order valence-electron chi connectivity index (χ2n) is 6.00. The van der Waals surface area contributed by atoms with Gasteiger partial charge in [0.1, 0.15) is 0 Å². The third kappa shape index (κ3) is 2.61. The van der Waals surface area contributed by atoms with Crippen molar-refractivity contribution in [2.45, 2.75) is 20.8 Å². The lowest BCUT2D eigenvalue weighted by Gasteiger charge is -2.10. The summed E-state index contributed by atoms with van der Waals surface area (Å²) < 4.78 is 0. The Bertz CT molecular complexity index is 637. The molecule has 2 rings (SSSR count). The van der Waals surface area contributed by atoms with Crippen LogP contribution in [-0.4, -0.2) is 22.9 Å². The maximum Gasteiger partial charge on any atom is 0.307 e. The fraction of sp³-hybridized carbons (Fsp3) is 0.400. The Balaban J connectivity index is 2.15.